The molecule has 0 radical (unpaired) electrons. The summed E-state index contributed by atoms with van der Waals surface area (Å²) in [5.41, 5.74) is 1.36. The highest BCUT2D eigenvalue weighted by Crippen LogP contribution is 2.36. The number of carbonyl (C=O) groups excluding carboxylic acids is 1. The molecule has 2 aromatic rings. The number of aromatic nitrogens is 2. The van der Waals surface area contributed by atoms with Crippen LogP contribution in [0.2, 0.25) is 5.02 Å². The molecule has 0 fully saturated rings. The van der Waals surface area contributed by atoms with Crippen LogP contribution >= 0.6 is 11.6 Å². The molecule has 0 aliphatic rings. The quantitative estimate of drug-likeness (QED) is 0.815. The van der Waals surface area contributed by atoms with Gasteiger partial charge in [0.1, 0.15) is 17.2 Å². The summed E-state index contributed by atoms with van der Waals surface area (Å²) < 4.78 is 10.4. The van der Waals surface area contributed by atoms with Gasteiger partial charge in [0.25, 0.3) is 5.91 Å². The molecule has 0 unspecified atom stereocenters. The first kappa shape index (κ1) is 18.8. The fourth-order valence-electron chi connectivity index (χ4n) is 2.15. The van der Waals surface area contributed by atoms with Gasteiger partial charge in [-0.25, -0.2) is 9.97 Å². The monoisotopic (exact) mass is 364 g/mol. The minimum atomic E-state index is -0.389. The fraction of sp³-hybridized carbons (Fsp3) is 0.353. The number of nitrogens with zero attached hydrogens (tertiary/aromatic N) is 2. The average Bonchev–Trinajstić information content (AvgIpc) is 2.54. The van der Waals surface area contributed by atoms with Crippen LogP contribution in [0.15, 0.2) is 18.2 Å². The molecule has 2 rings (SSSR count). The molecule has 0 spiro atoms. The molecule has 1 heterocycles. The Morgan fingerprint density at radius 3 is 2.40 bits per heavy atom. The first-order chi connectivity index (χ1) is 11.8. The fourth-order valence-corrected chi connectivity index (χ4v) is 2.38. The molecule has 0 bridgehead atoms. The second-order valence-corrected chi connectivity index (χ2v) is 6.07. The van der Waals surface area contributed by atoms with Gasteiger partial charge < -0.3 is 20.1 Å². The molecule has 7 nitrogen and oxygen atoms in total. The number of halogens is 1. The Kier molecular flexibility index (Phi) is 6.03. The Morgan fingerprint density at radius 2 is 1.80 bits per heavy atom. The lowest BCUT2D eigenvalue weighted by atomic mass is 10.2. The lowest BCUT2D eigenvalue weighted by Gasteiger charge is -2.14. The van der Waals surface area contributed by atoms with Crippen molar-refractivity contribution in [3.8, 4) is 11.5 Å². The van der Waals surface area contributed by atoms with E-state index in [4.69, 9.17) is 21.1 Å². The maximum atomic E-state index is 12.6. The van der Waals surface area contributed by atoms with Gasteiger partial charge in [-0.2, -0.15) is 0 Å². The van der Waals surface area contributed by atoms with E-state index in [1.807, 2.05) is 13.8 Å². The van der Waals surface area contributed by atoms with Crippen LogP contribution in [0, 0.1) is 6.92 Å². The molecule has 1 aromatic heterocycles. The summed E-state index contributed by atoms with van der Waals surface area (Å²) in [7, 11) is 2.99. The molecule has 0 saturated heterocycles. The molecule has 2 N–H and O–H groups in total. The van der Waals surface area contributed by atoms with Gasteiger partial charge in [0.2, 0.25) is 5.95 Å². The van der Waals surface area contributed by atoms with Crippen LogP contribution in [0.25, 0.3) is 0 Å². The predicted molar refractivity (Wildman–Crippen MR) is 98.0 cm³/mol. The minimum Gasteiger partial charge on any atom is -0.495 e. The number of benzene rings is 1. The second-order valence-electron chi connectivity index (χ2n) is 5.66. The molecule has 0 saturated carbocycles. The number of amides is 1. The third-order valence-electron chi connectivity index (χ3n) is 3.23. The van der Waals surface area contributed by atoms with Crippen LogP contribution in [0.1, 0.15) is 30.0 Å². The number of ether oxygens (including phenoxy) is 2. The average molecular weight is 365 g/mol. The standard InChI is InChI=1S/C17H21ClN4O3/c1-9(2)19-17-20-10(3)6-13(22-17)16(23)21-12-8-14(24-4)11(18)7-15(12)25-5/h6-9H,1-5H3,(H,21,23)(H,19,20,22). The van der Waals surface area contributed by atoms with E-state index in [1.54, 1.807) is 25.1 Å². The van der Waals surface area contributed by atoms with Crippen LogP contribution in [0.3, 0.4) is 0 Å². The summed E-state index contributed by atoms with van der Waals surface area (Å²) in [5.74, 6) is 0.866. The minimum absolute atomic E-state index is 0.151. The summed E-state index contributed by atoms with van der Waals surface area (Å²) in [6.45, 7) is 5.74. The maximum absolute atomic E-state index is 12.6. The zero-order chi connectivity index (χ0) is 18.6. The van der Waals surface area contributed by atoms with E-state index in [1.165, 1.54) is 14.2 Å². The Bertz CT molecular complexity index is 781. The van der Waals surface area contributed by atoms with Gasteiger partial charge in [-0.3, -0.25) is 4.79 Å². The number of methoxy groups -OCH3 is 2. The van der Waals surface area contributed by atoms with E-state index in [2.05, 4.69) is 20.6 Å². The highest BCUT2D eigenvalue weighted by Gasteiger charge is 2.16. The summed E-state index contributed by atoms with van der Waals surface area (Å²) in [6.07, 6.45) is 0. The third-order valence-corrected chi connectivity index (χ3v) is 3.52. The van der Waals surface area contributed by atoms with Crippen molar-refractivity contribution in [3.05, 3.63) is 34.6 Å². The molecule has 134 valence electrons. The lowest BCUT2D eigenvalue weighted by molar-refractivity contribution is 0.102. The van der Waals surface area contributed by atoms with E-state index < -0.39 is 0 Å². The van der Waals surface area contributed by atoms with Gasteiger partial charge in [0.05, 0.1) is 24.9 Å². The number of anilines is 2. The molecule has 8 heteroatoms. The van der Waals surface area contributed by atoms with Crippen LogP contribution < -0.4 is 20.1 Å². The number of nitrogens with one attached hydrogen (secondary N) is 2. The van der Waals surface area contributed by atoms with E-state index in [0.29, 0.717) is 33.9 Å². The molecule has 25 heavy (non-hydrogen) atoms. The highest BCUT2D eigenvalue weighted by atomic mass is 35.5. The zero-order valence-corrected chi connectivity index (χ0v) is 15.6. The summed E-state index contributed by atoms with van der Waals surface area (Å²) in [5, 5.41) is 6.24. The molecular formula is C17H21ClN4O3. The number of rotatable bonds is 6. The number of aryl methyl sites for hydroxylation is 1. The van der Waals surface area contributed by atoms with Gasteiger partial charge >= 0.3 is 0 Å². The van der Waals surface area contributed by atoms with Crippen molar-refractivity contribution in [1.29, 1.82) is 0 Å². The zero-order valence-electron chi connectivity index (χ0n) is 14.8. The predicted octanol–water partition coefficient (Wildman–Crippen LogP) is 3.53. The Hall–Kier alpha value is -2.54. The topological polar surface area (TPSA) is 85.4 Å². The highest BCUT2D eigenvalue weighted by molar-refractivity contribution is 6.32. The molecule has 1 aromatic carbocycles. The first-order valence-electron chi connectivity index (χ1n) is 7.69. The van der Waals surface area contributed by atoms with Crippen LogP contribution in [-0.2, 0) is 0 Å². The molecule has 0 aliphatic heterocycles. The maximum Gasteiger partial charge on any atom is 0.274 e. The van der Waals surface area contributed by atoms with Gasteiger partial charge in [-0.1, -0.05) is 11.6 Å². The summed E-state index contributed by atoms with van der Waals surface area (Å²) in [4.78, 5) is 21.1. The Labute approximate surface area is 151 Å². The van der Waals surface area contributed by atoms with Gasteiger partial charge in [-0.15, -0.1) is 0 Å². The van der Waals surface area contributed by atoms with Crippen molar-refractivity contribution in [2.75, 3.05) is 24.9 Å². The summed E-state index contributed by atoms with van der Waals surface area (Å²) >= 11 is 6.08. The number of hydrogen-bond donors (Lipinski definition) is 2. The van der Waals surface area contributed by atoms with Crippen LogP contribution in [0.4, 0.5) is 11.6 Å². The van der Waals surface area contributed by atoms with Gasteiger partial charge in [-0.05, 0) is 26.8 Å². The molecule has 0 aliphatic carbocycles. The van der Waals surface area contributed by atoms with Gasteiger partial charge in [0.15, 0.2) is 0 Å². The molecular weight excluding hydrogens is 344 g/mol. The van der Waals surface area contributed by atoms with Crippen molar-refractivity contribution >= 4 is 29.1 Å². The Morgan fingerprint density at radius 1 is 1.12 bits per heavy atom. The van der Waals surface area contributed by atoms with E-state index in [-0.39, 0.29) is 17.6 Å². The largest absolute Gasteiger partial charge is 0.495 e. The lowest BCUT2D eigenvalue weighted by Crippen LogP contribution is -2.18. The SMILES string of the molecule is COc1cc(NC(=O)c2cc(C)nc(NC(C)C)n2)c(OC)cc1Cl. The van der Waals surface area contributed by atoms with Crippen molar-refractivity contribution in [2.45, 2.75) is 26.8 Å². The summed E-state index contributed by atoms with van der Waals surface area (Å²) in [6, 6.07) is 4.94. The number of carbonyl (C=O) groups is 1. The van der Waals surface area contributed by atoms with Crippen molar-refractivity contribution in [1.82, 2.24) is 9.97 Å². The molecule has 1 amide bonds. The van der Waals surface area contributed by atoms with Gasteiger partial charge in [0, 0.05) is 23.9 Å². The normalized spacial score (nSPS) is 10.5. The molecule has 0 atom stereocenters. The second kappa shape index (κ2) is 8.02. The van der Waals surface area contributed by atoms with E-state index in [0.717, 1.165) is 0 Å². The van der Waals surface area contributed by atoms with Crippen molar-refractivity contribution in [2.24, 2.45) is 0 Å². The third kappa shape index (κ3) is 4.73. The first-order valence-corrected chi connectivity index (χ1v) is 8.07. The van der Waals surface area contributed by atoms with Crippen LogP contribution in [0.5, 0.6) is 11.5 Å². The Balaban J connectivity index is 2.32. The van der Waals surface area contributed by atoms with E-state index >= 15 is 0 Å². The number of hydrogen-bond acceptors (Lipinski definition) is 6. The smallest absolute Gasteiger partial charge is 0.274 e. The van der Waals surface area contributed by atoms with Crippen LogP contribution in [-0.4, -0.2) is 36.1 Å². The van der Waals surface area contributed by atoms with E-state index in [9.17, 15) is 4.79 Å². The van der Waals surface area contributed by atoms with Crippen molar-refractivity contribution in [3.63, 3.8) is 0 Å². The van der Waals surface area contributed by atoms with Crippen molar-refractivity contribution < 1.29 is 14.3 Å².